The van der Waals surface area contributed by atoms with Crippen LogP contribution in [0.4, 0.5) is 0 Å². The molecule has 0 aromatic heterocycles. The number of nitrogens with one attached hydrogen (secondary N) is 1. The number of benzene rings is 1. The predicted octanol–water partition coefficient (Wildman–Crippen LogP) is 1.87. The third-order valence-electron chi connectivity index (χ3n) is 4.29. The number of piperidine rings is 1. The number of methoxy groups -OCH3 is 1. The van der Waals surface area contributed by atoms with Crippen molar-refractivity contribution < 1.29 is 17.9 Å². The van der Waals surface area contributed by atoms with Crippen molar-refractivity contribution in [2.45, 2.75) is 37.6 Å². The summed E-state index contributed by atoms with van der Waals surface area (Å²) >= 11 is 0. The number of sulfonamides is 1. The molecule has 6 nitrogen and oxygen atoms in total. The summed E-state index contributed by atoms with van der Waals surface area (Å²) in [6.45, 7) is 5.52. The van der Waals surface area contributed by atoms with Gasteiger partial charge in [-0.05, 0) is 49.9 Å². The van der Waals surface area contributed by atoms with Crippen LogP contribution in [-0.2, 0) is 14.8 Å². The molecular weight excluding hydrogens is 328 g/mol. The topological polar surface area (TPSA) is 75.7 Å². The number of nitrogens with zero attached hydrogens (tertiary/aromatic N) is 1. The smallest absolute Gasteiger partial charge is 0.251 e. The second-order valence-electron chi connectivity index (χ2n) is 6.44. The number of ether oxygens (including phenoxy) is 1. The first-order chi connectivity index (χ1) is 11.3. The lowest BCUT2D eigenvalue weighted by atomic mass is 10.0. The summed E-state index contributed by atoms with van der Waals surface area (Å²) in [4.78, 5) is 12.3. The van der Waals surface area contributed by atoms with Crippen molar-refractivity contribution in [3.8, 4) is 0 Å². The number of carbonyl (C=O) groups is 1. The van der Waals surface area contributed by atoms with Crippen LogP contribution in [0.5, 0.6) is 0 Å². The van der Waals surface area contributed by atoms with E-state index in [1.54, 1.807) is 19.2 Å². The van der Waals surface area contributed by atoms with E-state index in [4.69, 9.17) is 4.74 Å². The standard InChI is InChI=1S/C17H26N2O4S/c1-13-8-10-19(11-9-13)24(21,22)16-6-4-15(5-7-16)17(20)18-14(2)12-23-3/h4-7,13-14H,8-12H2,1-3H3,(H,18,20). The Balaban J connectivity index is 2.07. The largest absolute Gasteiger partial charge is 0.383 e. The van der Waals surface area contributed by atoms with Crippen LogP contribution >= 0.6 is 0 Å². The van der Waals surface area contributed by atoms with Crippen LogP contribution in [0.2, 0.25) is 0 Å². The Morgan fingerprint density at radius 1 is 1.29 bits per heavy atom. The van der Waals surface area contributed by atoms with Crippen LogP contribution in [0.1, 0.15) is 37.0 Å². The Bertz CT molecular complexity index is 650. The quantitative estimate of drug-likeness (QED) is 0.846. The van der Waals surface area contributed by atoms with Crippen molar-refractivity contribution in [1.29, 1.82) is 0 Å². The maximum Gasteiger partial charge on any atom is 0.251 e. The maximum atomic E-state index is 12.6. The Morgan fingerprint density at radius 3 is 2.42 bits per heavy atom. The van der Waals surface area contributed by atoms with Crippen molar-refractivity contribution in [1.82, 2.24) is 9.62 Å². The summed E-state index contributed by atoms with van der Waals surface area (Å²) in [6.07, 6.45) is 1.77. The highest BCUT2D eigenvalue weighted by molar-refractivity contribution is 7.89. The SMILES string of the molecule is COCC(C)NC(=O)c1ccc(S(=O)(=O)N2CCC(C)CC2)cc1. The van der Waals surface area contributed by atoms with Crippen molar-refractivity contribution in [2.75, 3.05) is 26.8 Å². The molecule has 0 saturated carbocycles. The van der Waals surface area contributed by atoms with Gasteiger partial charge in [0.05, 0.1) is 11.5 Å². The molecule has 1 atom stereocenters. The average Bonchev–Trinajstić information content (AvgIpc) is 2.55. The third-order valence-corrected chi connectivity index (χ3v) is 6.20. The van der Waals surface area contributed by atoms with Gasteiger partial charge in [0.25, 0.3) is 5.91 Å². The minimum Gasteiger partial charge on any atom is -0.383 e. The molecule has 0 aliphatic carbocycles. The van der Waals surface area contributed by atoms with Gasteiger partial charge in [-0.3, -0.25) is 4.79 Å². The Labute approximate surface area is 144 Å². The maximum absolute atomic E-state index is 12.6. The first-order valence-corrected chi connectivity index (χ1v) is 9.68. The van der Waals surface area contributed by atoms with Crippen LogP contribution in [-0.4, -0.2) is 51.5 Å². The summed E-state index contributed by atoms with van der Waals surface area (Å²) in [7, 11) is -1.90. The second kappa shape index (κ2) is 8.09. The van der Waals surface area contributed by atoms with Crippen LogP contribution in [0.3, 0.4) is 0 Å². The predicted molar refractivity (Wildman–Crippen MR) is 92.4 cm³/mol. The molecule has 1 aliphatic heterocycles. The molecule has 1 heterocycles. The van der Waals surface area contributed by atoms with Gasteiger partial charge in [-0.1, -0.05) is 6.92 Å². The lowest BCUT2D eigenvalue weighted by Gasteiger charge is -2.29. The summed E-state index contributed by atoms with van der Waals surface area (Å²) in [5.74, 6) is 0.326. The molecule has 7 heteroatoms. The first kappa shape index (κ1) is 18.9. The minimum absolute atomic E-state index is 0.110. The fraction of sp³-hybridized carbons (Fsp3) is 0.588. The zero-order chi connectivity index (χ0) is 17.7. The molecule has 1 fully saturated rings. The van der Waals surface area contributed by atoms with E-state index in [1.807, 2.05) is 6.92 Å². The van der Waals surface area contributed by atoms with E-state index in [9.17, 15) is 13.2 Å². The molecule has 1 amide bonds. The number of amides is 1. The normalized spacial score (nSPS) is 18.3. The van der Waals surface area contributed by atoms with Crippen molar-refractivity contribution in [3.05, 3.63) is 29.8 Å². The second-order valence-corrected chi connectivity index (χ2v) is 8.38. The zero-order valence-electron chi connectivity index (χ0n) is 14.5. The van der Waals surface area contributed by atoms with Crippen molar-refractivity contribution >= 4 is 15.9 Å². The summed E-state index contributed by atoms with van der Waals surface area (Å²) in [5.41, 5.74) is 0.434. The highest BCUT2D eigenvalue weighted by atomic mass is 32.2. The molecule has 1 aliphatic rings. The molecular formula is C17H26N2O4S. The number of rotatable bonds is 6. The summed E-state index contributed by atoms with van der Waals surface area (Å²) in [6, 6.07) is 6.00. The fourth-order valence-electron chi connectivity index (χ4n) is 2.75. The van der Waals surface area contributed by atoms with Gasteiger partial charge in [0.2, 0.25) is 10.0 Å². The van der Waals surface area contributed by atoms with Gasteiger partial charge in [-0.15, -0.1) is 0 Å². The van der Waals surface area contributed by atoms with E-state index < -0.39 is 10.0 Å². The highest BCUT2D eigenvalue weighted by Crippen LogP contribution is 2.23. The van der Waals surface area contributed by atoms with Crippen LogP contribution in [0.15, 0.2) is 29.2 Å². The van der Waals surface area contributed by atoms with Gasteiger partial charge < -0.3 is 10.1 Å². The van der Waals surface area contributed by atoms with Gasteiger partial charge in [0.15, 0.2) is 0 Å². The molecule has 1 saturated heterocycles. The molecule has 1 unspecified atom stereocenters. The molecule has 0 bridgehead atoms. The molecule has 2 rings (SSSR count). The fourth-order valence-corrected chi connectivity index (χ4v) is 4.22. The van der Waals surface area contributed by atoms with E-state index >= 15 is 0 Å². The van der Waals surface area contributed by atoms with Gasteiger partial charge in [-0.25, -0.2) is 8.42 Å². The Hall–Kier alpha value is -1.44. The van der Waals surface area contributed by atoms with E-state index in [0.29, 0.717) is 31.2 Å². The highest BCUT2D eigenvalue weighted by Gasteiger charge is 2.28. The van der Waals surface area contributed by atoms with E-state index in [1.165, 1.54) is 16.4 Å². The minimum atomic E-state index is -3.48. The van der Waals surface area contributed by atoms with E-state index in [0.717, 1.165) is 12.8 Å². The van der Waals surface area contributed by atoms with Crippen LogP contribution < -0.4 is 5.32 Å². The summed E-state index contributed by atoms with van der Waals surface area (Å²) < 4.78 is 31.8. The molecule has 0 radical (unpaired) electrons. The zero-order valence-corrected chi connectivity index (χ0v) is 15.3. The first-order valence-electron chi connectivity index (χ1n) is 8.24. The molecule has 134 valence electrons. The number of hydrogen-bond donors (Lipinski definition) is 1. The molecule has 24 heavy (non-hydrogen) atoms. The van der Waals surface area contributed by atoms with Gasteiger partial charge in [0.1, 0.15) is 0 Å². The Kier molecular flexibility index (Phi) is 6.37. The van der Waals surface area contributed by atoms with E-state index in [-0.39, 0.29) is 16.8 Å². The van der Waals surface area contributed by atoms with E-state index in [2.05, 4.69) is 12.2 Å². The monoisotopic (exact) mass is 354 g/mol. The van der Waals surface area contributed by atoms with Crippen molar-refractivity contribution in [3.63, 3.8) is 0 Å². The van der Waals surface area contributed by atoms with Crippen LogP contribution in [0.25, 0.3) is 0 Å². The third kappa shape index (κ3) is 4.55. The Morgan fingerprint density at radius 2 is 1.88 bits per heavy atom. The summed E-state index contributed by atoms with van der Waals surface area (Å²) in [5, 5.41) is 2.80. The molecule has 1 aromatic carbocycles. The number of hydrogen-bond acceptors (Lipinski definition) is 4. The molecule has 0 spiro atoms. The van der Waals surface area contributed by atoms with Gasteiger partial charge in [0, 0.05) is 31.8 Å². The lowest BCUT2D eigenvalue weighted by molar-refractivity contribution is 0.0905. The lowest BCUT2D eigenvalue weighted by Crippen LogP contribution is -2.38. The number of carbonyl (C=O) groups excluding carboxylic acids is 1. The molecule has 1 aromatic rings. The van der Waals surface area contributed by atoms with Gasteiger partial charge >= 0.3 is 0 Å². The van der Waals surface area contributed by atoms with Crippen molar-refractivity contribution in [2.24, 2.45) is 5.92 Å². The van der Waals surface area contributed by atoms with Gasteiger partial charge in [-0.2, -0.15) is 4.31 Å². The molecule has 1 N–H and O–H groups in total. The average molecular weight is 354 g/mol. The van der Waals surface area contributed by atoms with Crippen LogP contribution in [0, 0.1) is 5.92 Å².